The van der Waals surface area contributed by atoms with E-state index < -0.39 is 6.10 Å². The van der Waals surface area contributed by atoms with Crippen LogP contribution in [0.2, 0.25) is 5.02 Å². The maximum atomic E-state index is 10.7. The van der Waals surface area contributed by atoms with Crippen LogP contribution < -0.4 is 4.74 Å². The van der Waals surface area contributed by atoms with E-state index in [0.29, 0.717) is 17.4 Å². The van der Waals surface area contributed by atoms with Crippen LogP contribution in [0.5, 0.6) is 5.75 Å². The van der Waals surface area contributed by atoms with Crippen molar-refractivity contribution < 1.29 is 9.84 Å². The van der Waals surface area contributed by atoms with Crippen LogP contribution in [0, 0.1) is 6.92 Å². The van der Waals surface area contributed by atoms with Crippen molar-refractivity contribution in [2.75, 3.05) is 6.61 Å². The first kappa shape index (κ1) is 15.4. The highest BCUT2D eigenvalue weighted by atomic mass is 79.9. The summed E-state index contributed by atoms with van der Waals surface area (Å²) in [5.74, 6) is 0.683. The minimum atomic E-state index is -0.771. The lowest BCUT2D eigenvalue weighted by molar-refractivity contribution is 0.211. The molecule has 0 aliphatic heterocycles. The van der Waals surface area contributed by atoms with Gasteiger partial charge >= 0.3 is 0 Å². The summed E-state index contributed by atoms with van der Waals surface area (Å²) < 4.78 is 6.49. The molecule has 2 aromatic rings. The Morgan fingerprint density at radius 1 is 1.25 bits per heavy atom. The van der Waals surface area contributed by atoms with Crippen LogP contribution in [0.3, 0.4) is 0 Å². The van der Waals surface area contributed by atoms with Gasteiger partial charge in [0.2, 0.25) is 0 Å². The lowest BCUT2D eigenvalue weighted by atomic mass is 9.97. The molecule has 20 heavy (non-hydrogen) atoms. The molecule has 0 bridgehead atoms. The Morgan fingerprint density at radius 3 is 2.70 bits per heavy atom. The third kappa shape index (κ3) is 3.17. The summed E-state index contributed by atoms with van der Waals surface area (Å²) in [7, 11) is 0. The summed E-state index contributed by atoms with van der Waals surface area (Å²) in [6.07, 6.45) is -0.771. The summed E-state index contributed by atoms with van der Waals surface area (Å²) in [5.41, 5.74) is 2.40. The first-order chi connectivity index (χ1) is 9.54. The van der Waals surface area contributed by atoms with Gasteiger partial charge in [0.15, 0.2) is 0 Å². The average molecular weight is 356 g/mol. The van der Waals surface area contributed by atoms with Gasteiger partial charge in [-0.2, -0.15) is 0 Å². The SMILES string of the molecule is CCOc1ccc(Br)cc1C(O)c1cccc(Cl)c1C. The molecule has 0 fully saturated rings. The normalized spacial score (nSPS) is 12.2. The summed E-state index contributed by atoms with van der Waals surface area (Å²) in [5, 5.41) is 11.3. The number of benzene rings is 2. The van der Waals surface area contributed by atoms with Crippen LogP contribution in [0.4, 0.5) is 0 Å². The van der Waals surface area contributed by atoms with Gasteiger partial charge < -0.3 is 9.84 Å². The zero-order chi connectivity index (χ0) is 14.7. The van der Waals surface area contributed by atoms with Crippen molar-refractivity contribution in [1.82, 2.24) is 0 Å². The second-order valence-corrected chi connectivity index (χ2v) is 5.79. The van der Waals surface area contributed by atoms with E-state index in [4.69, 9.17) is 16.3 Å². The summed E-state index contributed by atoms with van der Waals surface area (Å²) >= 11 is 9.55. The maximum absolute atomic E-state index is 10.7. The number of halogens is 2. The Bertz CT molecular complexity index is 613. The highest BCUT2D eigenvalue weighted by Gasteiger charge is 2.18. The van der Waals surface area contributed by atoms with E-state index in [2.05, 4.69) is 15.9 Å². The first-order valence-electron chi connectivity index (χ1n) is 6.40. The molecule has 0 saturated carbocycles. The predicted octanol–water partition coefficient (Wildman–Crippen LogP) is 4.89. The molecular weight excluding hydrogens is 340 g/mol. The highest BCUT2D eigenvalue weighted by Crippen LogP contribution is 2.35. The fraction of sp³-hybridized carbons (Fsp3) is 0.250. The van der Waals surface area contributed by atoms with Crippen molar-refractivity contribution >= 4 is 27.5 Å². The number of hydrogen-bond donors (Lipinski definition) is 1. The largest absolute Gasteiger partial charge is 0.493 e. The molecule has 2 rings (SSSR count). The van der Waals surface area contributed by atoms with Gasteiger partial charge in [-0.15, -0.1) is 0 Å². The molecule has 0 aliphatic carbocycles. The van der Waals surface area contributed by atoms with E-state index >= 15 is 0 Å². The molecule has 0 heterocycles. The summed E-state index contributed by atoms with van der Waals surface area (Å²) in [4.78, 5) is 0. The van der Waals surface area contributed by atoms with Gasteiger partial charge in [0.05, 0.1) is 6.61 Å². The molecule has 0 saturated heterocycles. The fourth-order valence-corrected chi connectivity index (χ4v) is 2.67. The van der Waals surface area contributed by atoms with Gasteiger partial charge in [-0.3, -0.25) is 0 Å². The molecule has 0 spiro atoms. The second-order valence-electron chi connectivity index (χ2n) is 4.47. The van der Waals surface area contributed by atoms with E-state index in [1.165, 1.54) is 0 Å². The first-order valence-corrected chi connectivity index (χ1v) is 7.57. The Morgan fingerprint density at radius 2 is 2.00 bits per heavy atom. The minimum absolute atomic E-state index is 0.551. The van der Waals surface area contributed by atoms with Crippen molar-refractivity contribution in [3.05, 3.63) is 62.6 Å². The summed E-state index contributed by atoms with van der Waals surface area (Å²) in [6.45, 7) is 4.37. The Hall–Kier alpha value is -1.03. The maximum Gasteiger partial charge on any atom is 0.125 e. The average Bonchev–Trinajstić information content (AvgIpc) is 2.43. The zero-order valence-corrected chi connectivity index (χ0v) is 13.7. The predicted molar refractivity (Wildman–Crippen MR) is 85.6 cm³/mol. The van der Waals surface area contributed by atoms with Crippen LogP contribution in [-0.2, 0) is 0 Å². The van der Waals surface area contributed by atoms with Gasteiger partial charge in [0.25, 0.3) is 0 Å². The van der Waals surface area contributed by atoms with Gasteiger partial charge in [0, 0.05) is 15.1 Å². The van der Waals surface area contributed by atoms with Crippen LogP contribution in [0.15, 0.2) is 40.9 Å². The number of aliphatic hydroxyl groups excluding tert-OH is 1. The van der Waals surface area contributed by atoms with Crippen molar-refractivity contribution in [1.29, 1.82) is 0 Å². The van der Waals surface area contributed by atoms with E-state index in [-0.39, 0.29) is 0 Å². The fourth-order valence-electron chi connectivity index (χ4n) is 2.11. The highest BCUT2D eigenvalue weighted by molar-refractivity contribution is 9.10. The van der Waals surface area contributed by atoms with Crippen LogP contribution >= 0.6 is 27.5 Å². The molecular formula is C16H16BrClO2. The molecule has 4 heteroatoms. The number of aliphatic hydroxyl groups is 1. The monoisotopic (exact) mass is 354 g/mol. The minimum Gasteiger partial charge on any atom is -0.493 e. The summed E-state index contributed by atoms with van der Waals surface area (Å²) in [6, 6.07) is 11.2. The van der Waals surface area contributed by atoms with Gasteiger partial charge in [0.1, 0.15) is 11.9 Å². The van der Waals surface area contributed by atoms with Crippen molar-refractivity contribution in [3.8, 4) is 5.75 Å². The quantitative estimate of drug-likeness (QED) is 0.846. The number of hydrogen-bond acceptors (Lipinski definition) is 2. The van der Waals surface area contributed by atoms with Crippen LogP contribution in [0.25, 0.3) is 0 Å². The Kier molecular flexibility index (Phi) is 5.08. The van der Waals surface area contributed by atoms with E-state index in [1.54, 1.807) is 0 Å². The van der Waals surface area contributed by atoms with Crippen molar-refractivity contribution in [2.24, 2.45) is 0 Å². The lowest BCUT2D eigenvalue weighted by Crippen LogP contribution is -2.06. The third-order valence-electron chi connectivity index (χ3n) is 3.17. The van der Waals surface area contributed by atoms with Gasteiger partial charge in [-0.1, -0.05) is 39.7 Å². The second kappa shape index (κ2) is 6.61. The Balaban J connectivity index is 2.49. The molecule has 106 valence electrons. The van der Waals surface area contributed by atoms with E-state index in [1.807, 2.05) is 50.2 Å². The molecule has 0 radical (unpaired) electrons. The third-order valence-corrected chi connectivity index (χ3v) is 4.07. The van der Waals surface area contributed by atoms with Crippen molar-refractivity contribution in [2.45, 2.75) is 20.0 Å². The number of rotatable bonds is 4. The molecule has 1 atom stereocenters. The molecule has 1 unspecified atom stereocenters. The van der Waals surface area contributed by atoms with Crippen molar-refractivity contribution in [3.63, 3.8) is 0 Å². The molecule has 2 aromatic carbocycles. The lowest BCUT2D eigenvalue weighted by Gasteiger charge is -2.18. The smallest absolute Gasteiger partial charge is 0.125 e. The van der Waals surface area contributed by atoms with E-state index in [0.717, 1.165) is 21.2 Å². The molecule has 1 N–H and O–H groups in total. The topological polar surface area (TPSA) is 29.5 Å². The van der Waals surface area contributed by atoms with Crippen LogP contribution in [0.1, 0.15) is 29.7 Å². The standard InChI is InChI=1S/C16H16BrClO2/c1-3-20-15-8-7-11(17)9-13(15)16(19)12-5-4-6-14(18)10(12)2/h4-9,16,19H,3H2,1-2H3. The molecule has 0 aromatic heterocycles. The molecule has 2 nitrogen and oxygen atoms in total. The van der Waals surface area contributed by atoms with Gasteiger partial charge in [-0.05, 0) is 49.2 Å². The molecule has 0 aliphatic rings. The number of ether oxygens (including phenoxy) is 1. The Labute approximate surface area is 132 Å². The van der Waals surface area contributed by atoms with E-state index in [9.17, 15) is 5.11 Å². The van der Waals surface area contributed by atoms with Crippen LogP contribution in [-0.4, -0.2) is 11.7 Å². The zero-order valence-electron chi connectivity index (χ0n) is 11.4. The molecule has 0 amide bonds. The van der Waals surface area contributed by atoms with Gasteiger partial charge in [-0.25, -0.2) is 0 Å².